The quantitative estimate of drug-likeness (QED) is 0.852. The maximum Gasteiger partial charge on any atom is 0.269 e. The molecule has 2 aromatic carbocycles. The van der Waals surface area contributed by atoms with Crippen LogP contribution in [0.25, 0.3) is 6.20 Å². The number of benzene rings is 2. The van der Waals surface area contributed by atoms with Crippen LogP contribution in [0.1, 0.15) is 10.4 Å². The van der Waals surface area contributed by atoms with Gasteiger partial charge in [-0.15, -0.1) is 0 Å². The van der Waals surface area contributed by atoms with Gasteiger partial charge in [-0.1, -0.05) is 36.4 Å². The lowest BCUT2D eigenvalue weighted by atomic mass is 10.2. The Bertz CT molecular complexity index is 710. The highest BCUT2D eigenvalue weighted by atomic mass is 16.2. The summed E-state index contributed by atoms with van der Waals surface area (Å²) in [5.74, 6) is -0.133. The molecule has 94 valence electrons. The smallest absolute Gasteiger partial charge is 0.269 e. The van der Waals surface area contributed by atoms with Crippen molar-refractivity contribution < 1.29 is 4.79 Å². The molecule has 0 saturated heterocycles. The summed E-state index contributed by atoms with van der Waals surface area (Å²) in [7, 11) is 0. The summed E-state index contributed by atoms with van der Waals surface area (Å²) in [5, 5.41) is 3.65. The molecule has 0 bridgehead atoms. The lowest BCUT2D eigenvalue weighted by Crippen LogP contribution is -2.44. The van der Waals surface area contributed by atoms with E-state index < -0.39 is 0 Å². The first-order valence-electron chi connectivity index (χ1n) is 6.07. The van der Waals surface area contributed by atoms with E-state index in [1.165, 1.54) is 0 Å². The van der Waals surface area contributed by atoms with Gasteiger partial charge in [0.1, 0.15) is 6.67 Å². The number of hydrogen-bond donors (Lipinski definition) is 1. The zero-order valence-corrected chi connectivity index (χ0v) is 10.3. The average Bonchev–Trinajstić information content (AvgIpc) is 2.48. The molecule has 2 aromatic rings. The van der Waals surface area contributed by atoms with E-state index >= 15 is 0 Å². The molecule has 3 rings (SSSR count). The fraction of sp³-hybridized carbons (Fsp3) is 0.0667. The predicted octanol–water partition coefficient (Wildman–Crippen LogP) is 0.662. The van der Waals surface area contributed by atoms with Gasteiger partial charge in [-0.3, -0.25) is 20.2 Å². The first kappa shape index (κ1) is 11.5. The van der Waals surface area contributed by atoms with Gasteiger partial charge >= 0.3 is 0 Å². The Morgan fingerprint density at radius 3 is 2.63 bits per heavy atom. The lowest BCUT2D eigenvalue weighted by Gasteiger charge is -2.21. The number of hydrogen-bond acceptors (Lipinski definition) is 3. The summed E-state index contributed by atoms with van der Waals surface area (Å²) in [6, 6.07) is 17.0. The summed E-state index contributed by atoms with van der Waals surface area (Å²) in [5.41, 5.74) is 3.46. The SMILES string of the molecule is O=C(NN1C=c2ccccc2=NC1)c1ccccc1. The van der Waals surface area contributed by atoms with E-state index in [2.05, 4.69) is 10.4 Å². The van der Waals surface area contributed by atoms with Crippen LogP contribution in [-0.4, -0.2) is 17.6 Å². The Hall–Kier alpha value is -2.62. The van der Waals surface area contributed by atoms with Crippen molar-refractivity contribution in [2.75, 3.05) is 6.67 Å². The summed E-state index contributed by atoms with van der Waals surface area (Å²) in [6.07, 6.45) is 1.89. The third-order valence-corrected chi connectivity index (χ3v) is 2.91. The normalized spacial score (nSPS) is 12.9. The first-order chi connectivity index (χ1) is 9.33. The highest BCUT2D eigenvalue weighted by Gasteiger charge is 2.09. The van der Waals surface area contributed by atoms with Gasteiger partial charge in [0.25, 0.3) is 5.91 Å². The van der Waals surface area contributed by atoms with Crippen molar-refractivity contribution in [3.8, 4) is 0 Å². The molecule has 0 aliphatic carbocycles. The number of rotatable bonds is 2. The second-order valence-corrected chi connectivity index (χ2v) is 4.26. The molecular formula is C15H13N3O. The molecule has 4 heteroatoms. The number of nitrogens with one attached hydrogen (secondary N) is 1. The zero-order valence-electron chi connectivity index (χ0n) is 10.3. The molecule has 0 unspecified atom stereocenters. The predicted molar refractivity (Wildman–Crippen MR) is 72.3 cm³/mol. The van der Waals surface area contributed by atoms with E-state index in [1.807, 2.05) is 48.7 Å². The maximum atomic E-state index is 12.0. The molecule has 0 spiro atoms. The van der Waals surface area contributed by atoms with Crippen LogP contribution >= 0.6 is 0 Å². The number of fused-ring (bicyclic) bond motifs is 1. The second-order valence-electron chi connectivity index (χ2n) is 4.26. The van der Waals surface area contributed by atoms with Crippen molar-refractivity contribution in [3.05, 3.63) is 70.7 Å². The second kappa shape index (κ2) is 4.94. The van der Waals surface area contributed by atoms with Crippen molar-refractivity contribution in [1.82, 2.24) is 10.4 Å². The van der Waals surface area contributed by atoms with Crippen LogP contribution in [0.5, 0.6) is 0 Å². The Kier molecular flexibility index (Phi) is 2.98. The minimum Gasteiger partial charge on any atom is -0.270 e. The summed E-state index contributed by atoms with van der Waals surface area (Å²) < 4.78 is 0. The molecule has 1 heterocycles. The third-order valence-electron chi connectivity index (χ3n) is 2.91. The highest BCUT2D eigenvalue weighted by molar-refractivity contribution is 5.93. The molecular weight excluding hydrogens is 238 g/mol. The molecule has 0 saturated carbocycles. The van der Waals surface area contributed by atoms with Gasteiger partial charge in [-0.25, -0.2) is 0 Å². The highest BCUT2D eigenvalue weighted by Crippen LogP contribution is 1.99. The van der Waals surface area contributed by atoms with E-state index in [4.69, 9.17) is 0 Å². The van der Waals surface area contributed by atoms with Gasteiger partial charge in [-0.2, -0.15) is 0 Å². The number of carbonyl (C=O) groups is 1. The largest absolute Gasteiger partial charge is 0.270 e. The molecule has 1 aliphatic heterocycles. The lowest BCUT2D eigenvalue weighted by molar-refractivity contribution is 0.0866. The third kappa shape index (κ3) is 2.47. The molecule has 1 amide bonds. The molecule has 0 fully saturated rings. The van der Waals surface area contributed by atoms with Crippen LogP contribution in [0.15, 0.2) is 59.6 Å². The van der Waals surface area contributed by atoms with E-state index in [9.17, 15) is 4.79 Å². The number of nitrogens with zero attached hydrogens (tertiary/aromatic N) is 2. The molecule has 1 aliphatic rings. The van der Waals surface area contributed by atoms with Gasteiger partial charge in [0, 0.05) is 17.0 Å². The number of para-hydroxylation sites is 1. The van der Waals surface area contributed by atoms with Crippen molar-refractivity contribution in [2.24, 2.45) is 4.99 Å². The first-order valence-corrected chi connectivity index (χ1v) is 6.07. The fourth-order valence-electron chi connectivity index (χ4n) is 1.95. The molecule has 0 atom stereocenters. The minimum atomic E-state index is -0.133. The van der Waals surface area contributed by atoms with E-state index in [0.717, 1.165) is 10.6 Å². The Morgan fingerprint density at radius 1 is 1.05 bits per heavy atom. The van der Waals surface area contributed by atoms with Crippen molar-refractivity contribution in [1.29, 1.82) is 0 Å². The number of carbonyl (C=O) groups excluding carboxylic acids is 1. The topological polar surface area (TPSA) is 44.7 Å². The Balaban J connectivity index is 1.80. The zero-order chi connectivity index (χ0) is 13.1. The minimum absolute atomic E-state index is 0.133. The van der Waals surface area contributed by atoms with Gasteiger partial charge < -0.3 is 0 Å². The molecule has 4 nitrogen and oxygen atoms in total. The fourth-order valence-corrected chi connectivity index (χ4v) is 1.95. The van der Waals surface area contributed by atoms with Crippen LogP contribution in [0.4, 0.5) is 0 Å². The molecule has 0 radical (unpaired) electrons. The average molecular weight is 251 g/mol. The van der Waals surface area contributed by atoms with Crippen molar-refractivity contribution in [2.45, 2.75) is 0 Å². The number of amides is 1. The van der Waals surface area contributed by atoms with Crippen molar-refractivity contribution in [3.63, 3.8) is 0 Å². The maximum absolute atomic E-state index is 12.0. The molecule has 19 heavy (non-hydrogen) atoms. The monoisotopic (exact) mass is 251 g/mol. The van der Waals surface area contributed by atoms with Gasteiger partial charge in [-0.05, 0) is 18.2 Å². The van der Waals surface area contributed by atoms with Gasteiger partial charge in [0.15, 0.2) is 0 Å². The Morgan fingerprint density at radius 2 is 1.79 bits per heavy atom. The van der Waals surface area contributed by atoms with Crippen LogP contribution < -0.4 is 16.0 Å². The van der Waals surface area contributed by atoms with E-state index in [-0.39, 0.29) is 5.91 Å². The number of hydrazine groups is 1. The standard InChI is InChI=1S/C15H13N3O/c19-15(12-6-2-1-3-7-12)17-18-10-13-8-4-5-9-14(13)16-11-18/h1-10H,11H2,(H,17,19). The van der Waals surface area contributed by atoms with Crippen LogP contribution in [-0.2, 0) is 0 Å². The van der Waals surface area contributed by atoms with Crippen molar-refractivity contribution >= 4 is 12.1 Å². The van der Waals surface area contributed by atoms with Crippen LogP contribution in [0, 0.1) is 0 Å². The Labute approximate surface area is 110 Å². The summed E-state index contributed by atoms with van der Waals surface area (Å²) >= 11 is 0. The summed E-state index contributed by atoms with van der Waals surface area (Å²) in [6.45, 7) is 0.426. The van der Waals surface area contributed by atoms with Gasteiger partial charge in [0.2, 0.25) is 0 Å². The van der Waals surface area contributed by atoms with Gasteiger partial charge in [0.05, 0.1) is 5.36 Å². The summed E-state index contributed by atoms with van der Waals surface area (Å²) in [4.78, 5) is 16.4. The van der Waals surface area contributed by atoms with Crippen LogP contribution in [0.2, 0.25) is 0 Å². The van der Waals surface area contributed by atoms with E-state index in [1.54, 1.807) is 17.1 Å². The molecule has 1 N–H and O–H groups in total. The molecule has 0 aromatic heterocycles. The van der Waals surface area contributed by atoms with E-state index in [0.29, 0.717) is 12.2 Å². The van der Waals surface area contributed by atoms with Crippen LogP contribution in [0.3, 0.4) is 0 Å².